The molecular formula is C32H40ClN3O. The van der Waals surface area contributed by atoms with Gasteiger partial charge in [-0.15, -0.1) is 0 Å². The highest BCUT2D eigenvalue weighted by atomic mass is 35.5. The molecule has 2 atom stereocenters. The number of piperidine rings is 1. The van der Waals surface area contributed by atoms with E-state index in [4.69, 9.17) is 21.3 Å². The second-order valence-electron chi connectivity index (χ2n) is 10.3. The van der Waals surface area contributed by atoms with Crippen molar-refractivity contribution in [3.8, 4) is 5.75 Å². The van der Waals surface area contributed by atoms with E-state index < -0.39 is 0 Å². The molecular weight excluding hydrogens is 478 g/mol. The van der Waals surface area contributed by atoms with Gasteiger partial charge in [0.25, 0.3) is 0 Å². The molecule has 0 spiro atoms. The summed E-state index contributed by atoms with van der Waals surface area (Å²) in [6.45, 7) is 9.42. The van der Waals surface area contributed by atoms with Crippen LogP contribution in [0.1, 0.15) is 56.5 Å². The first-order valence-electron chi connectivity index (χ1n) is 13.2. The molecule has 0 amide bonds. The van der Waals surface area contributed by atoms with Gasteiger partial charge in [0.1, 0.15) is 18.2 Å². The zero-order valence-corrected chi connectivity index (χ0v) is 22.1. The van der Waals surface area contributed by atoms with Gasteiger partial charge in [-0.2, -0.15) is 0 Å². The lowest BCUT2D eigenvalue weighted by molar-refractivity contribution is 0.178. The number of halogens is 1. The van der Waals surface area contributed by atoms with Crippen LogP contribution < -0.4 is 4.74 Å². The largest absolute Gasteiger partial charge is 0.486 e. The minimum absolute atomic E-state index is 0. The Labute approximate surface area is 227 Å². The summed E-state index contributed by atoms with van der Waals surface area (Å²) in [5, 5.41) is 0.711. The van der Waals surface area contributed by atoms with Crippen LogP contribution in [0.4, 0.5) is 0 Å². The number of ether oxygens (including phenoxy) is 1. The Morgan fingerprint density at radius 2 is 1.81 bits per heavy atom. The first kappa shape index (κ1) is 27.2. The van der Waals surface area contributed by atoms with Crippen LogP contribution in [0.5, 0.6) is 5.75 Å². The maximum Gasteiger partial charge on any atom is 0.148 e. The molecule has 2 unspecified atom stereocenters. The lowest BCUT2D eigenvalue weighted by atomic mass is 9.90. The molecule has 1 saturated heterocycles. The summed E-state index contributed by atoms with van der Waals surface area (Å²) >= 11 is 6.03. The molecule has 3 aromatic carbocycles. The Kier molecular flexibility index (Phi) is 9.28. The van der Waals surface area contributed by atoms with Gasteiger partial charge in [0.2, 0.25) is 0 Å². The highest BCUT2D eigenvalue weighted by molar-refractivity contribution is 6.30. The SMILES string of the molecule is C.Cc1cccc2c1nc(COc1ccc(Cl)cc1)n2CCC(C)CN1CCCC(c2ccccc2)C1. The molecule has 1 aliphatic rings. The van der Waals surface area contributed by atoms with E-state index in [0.717, 1.165) is 36.6 Å². The van der Waals surface area contributed by atoms with E-state index in [9.17, 15) is 0 Å². The number of nitrogens with zero attached hydrogens (tertiary/aromatic N) is 3. The Balaban J connectivity index is 0.00000320. The van der Waals surface area contributed by atoms with Gasteiger partial charge in [-0.05, 0) is 86.0 Å². The second kappa shape index (κ2) is 12.6. The van der Waals surface area contributed by atoms with Crippen LogP contribution in [-0.4, -0.2) is 34.1 Å². The molecule has 4 nitrogen and oxygen atoms in total. The van der Waals surface area contributed by atoms with E-state index >= 15 is 0 Å². The van der Waals surface area contributed by atoms with E-state index in [1.54, 1.807) is 0 Å². The summed E-state index contributed by atoms with van der Waals surface area (Å²) in [5.74, 6) is 3.04. The van der Waals surface area contributed by atoms with Crippen molar-refractivity contribution in [1.29, 1.82) is 0 Å². The van der Waals surface area contributed by atoms with Crippen molar-refractivity contribution in [2.24, 2.45) is 5.92 Å². The van der Waals surface area contributed by atoms with E-state index in [1.165, 1.54) is 42.6 Å². The predicted molar refractivity (Wildman–Crippen MR) is 156 cm³/mol. The molecule has 5 heteroatoms. The van der Waals surface area contributed by atoms with Crippen LogP contribution in [0.25, 0.3) is 11.0 Å². The first-order valence-corrected chi connectivity index (χ1v) is 13.5. The monoisotopic (exact) mass is 517 g/mol. The molecule has 0 N–H and O–H groups in total. The van der Waals surface area contributed by atoms with Crippen LogP contribution in [-0.2, 0) is 13.2 Å². The van der Waals surface area contributed by atoms with Crippen molar-refractivity contribution in [1.82, 2.24) is 14.5 Å². The number of benzene rings is 3. The van der Waals surface area contributed by atoms with Gasteiger partial charge >= 0.3 is 0 Å². The third kappa shape index (κ3) is 6.74. The van der Waals surface area contributed by atoms with Crippen molar-refractivity contribution in [3.63, 3.8) is 0 Å². The molecule has 2 heterocycles. The first-order chi connectivity index (χ1) is 17.6. The molecule has 37 heavy (non-hydrogen) atoms. The molecule has 4 aromatic rings. The zero-order valence-electron chi connectivity index (χ0n) is 21.4. The highest BCUT2D eigenvalue weighted by Gasteiger charge is 2.22. The van der Waals surface area contributed by atoms with Crippen molar-refractivity contribution >= 4 is 22.6 Å². The fourth-order valence-electron chi connectivity index (χ4n) is 5.47. The average Bonchev–Trinajstić information content (AvgIpc) is 3.26. The minimum atomic E-state index is 0. The second-order valence-corrected chi connectivity index (χ2v) is 10.7. The lowest BCUT2D eigenvalue weighted by Crippen LogP contribution is -2.37. The summed E-state index contributed by atoms with van der Waals surface area (Å²) in [6, 6.07) is 25.0. The maximum absolute atomic E-state index is 6.09. The van der Waals surface area contributed by atoms with Gasteiger partial charge in [0.05, 0.1) is 11.0 Å². The highest BCUT2D eigenvalue weighted by Crippen LogP contribution is 2.28. The number of aromatic nitrogens is 2. The number of imidazole rings is 1. The van der Waals surface area contributed by atoms with Crippen LogP contribution in [0, 0.1) is 12.8 Å². The molecule has 1 aliphatic heterocycles. The fourth-order valence-corrected chi connectivity index (χ4v) is 5.60. The quantitative estimate of drug-likeness (QED) is 0.224. The number of fused-ring (bicyclic) bond motifs is 1. The number of para-hydroxylation sites is 1. The van der Waals surface area contributed by atoms with Crippen molar-refractivity contribution in [2.45, 2.75) is 59.6 Å². The third-order valence-electron chi connectivity index (χ3n) is 7.43. The Morgan fingerprint density at radius 3 is 2.59 bits per heavy atom. The fraction of sp³-hybridized carbons (Fsp3) is 0.406. The summed E-state index contributed by atoms with van der Waals surface area (Å²) in [7, 11) is 0. The lowest BCUT2D eigenvalue weighted by Gasteiger charge is -2.34. The normalized spacial score (nSPS) is 16.9. The summed E-state index contributed by atoms with van der Waals surface area (Å²) < 4.78 is 8.45. The van der Waals surface area contributed by atoms with Crippen LogP contribution in [0.3, 0.4) is 0 Å². The van der Waals surface area contributed by atoms with Crippen LogP contribution >= 0.6 is 11.6 Å². The molecule has 0 saturated carbocycles. The number of hydrogen-bond donors (Lipinski definition) is 0. The van der Waals surface area contributed by atoms with E-state index in [0.29, 0.717) is 23.5 Å². The molecule has 0 bridgehead atoms. The van der Waals surface area contributed by atoms with Gasteiger partial charge in [-0.1, -0.05) is 68.4 Å². The van der Waals surface area contributed by atoms with Crippen LogP contribution in [0.2, 0.25) is 5.02 Å². The van der Waals surface area contributed by atoms with Crippen molar-refractivity contribution in [2.75, 3.05) is 19.6 Å². The number of rotatable bonds is 9. The minimum Gasteiger partial charge on any atom is -0.486 e. The van der Waals surface area contributed by atoms with Gasteiger partial charge in [0, 0.05) is 24.7 Å². The zero-order chi connectivity index (χ0) is 24.9. The Hall–Kier alpha value is -2.82. The predicted octanol–water partition coefficient (Wildman–Crippen LogP) is 8.12. The number of likely N-dealkylation sites (tertiary alicyclic amines) is 1. The topological polar surface area (TPSA) is 30.3 Å². The van der Waals surface area contributed by atoms with Crippen molar-refractivity contribution < 1.29 is 4.74 Å². The van der Waals surface area contributed by atoms with E-state index in [2.05, 4.69) is 71.8 Å². The smallest absolute Gasteiger partial charge is 0.148 e. The Bertz CT molecular complexity index is 1270. The van der Waals surface area contributed by atoms with Crippen LogP contribution in [0.15, 0.2) is 72.8 Å². The van der Waals surface area contributed by atoms with Gasteiger partial charge in [0.15, 0.2) is 0 Å². The number of hydrogen-bond acceptors (Lipinski definition) is 3. The van der Waals surface area contributed by atoms with Gasteiger partial charge in [-0.3, -0.25) is 0 Å². The van der Waals surface area contributed by atoms with Gasteiger partial charge < -0.3 is 14.2 Å². The van der Waals surface area contributed by atoms with E-state index in [1.807, 2.05) is 24.3 Å². The average molecular weight is 518 g/mol. The molecule has 0 radical (unpaired) electrons. The van der Waals surface area contributed by atoms with Crippen molar-refractivity contribution in [3.05, 3.63) is 94.8 Å². The number of aryl methyl sites for hydroxylation is 2. The standard InChI is InChI=1S/C31H36ClN3O.CH4/c1-23(20-34-18-7-11-26(21-34)25-9-4-3-5-10-25)17-19-35-29-12-6-8-24(2)31(29)33-30(35)22-36-28-15-13-27(32)14-16-28;/h3-6,8-10,12-16,23,26H,7,11,17-22H2,1-2H3;1H4. The third-order valence-corrected chi connectivity index (χ3v) is 7.69. The van der Waals surface area contributed by atoms with E-state index in [-0.39, 0.29) is 7.43 Å². The maximum atomic E-state index is 6.09. The molecule has 0 aliphatic carbocycles. The summed E-state index contributed by atoms with van der Waals surface area (Å²) in [4.78, 5) is 7.66. The molecule has 1 fully saturated rings. The molecule has 5 rings (SSSR count). The van der Waals surface area contributed by atoms with Gasteiger partial charge in [-0.25, -0.2) is 4.98 Å². The Morgan fingerprint density at radius 1 is 1.03 bits per heavy atom. The summed E-state index contributed by atoms with van der Waals surface area (Å²) in [6.07, 6.45) is 3.69. The molecule has 196 valence electrons. The summed E-state index contributed by atoms with van der Waals surface area (Å²) in [5.41, 5.74) is 4.95. The molecule has 1 aromatic heterocycles.